The van der Waals surface area contributed by atoms with E-state index >= 15 is 0 Å². The molecule has 2 aliphatic carbocycles. The van der Waals surface area contributed by atoms with Crippen LogP contribution in [0.5, 0.6) is 0 Å². The van der Waals surface area contributed by atoms with Gasteiger partial charge in [0, 0.05) is 11.6 Å². The molecule has 0 saturated heterocycles. The largest absolute Gasteiger partial charge is 0.399 e. The number of hydrogen-bond acceptors (Lipinski definition) is 2. The van der Waals surface area contributed by atoms with Gasteiger partial charge in [0.25, 0.3) is 0 Å². The summed E-state index contributed by atoms with van der Waals surface area (Å²) in [6, 6.07) is 9.92. The van der Waals surface area contributed by atoms with Crippen LogP contribution in [0.15, 0.2) is 36.4 Å². The SMILES string of the molecule is Nc1ccc2c(c1)CCCC2NC(=O)C1CC1c1cccc(F)c1F. The summed E-state index contributed by atoms with van der Waals surface area (Å²) in [7, 11) is 0. The van der Waals surface area contributed by atoms with Crippen molar-refractivity contribution in [2.45, 2.75) is 37.6 Å². The highest BCUT2D eigenvalue weighted by Crippen LogP contribution is 2.49. The van der Waals surface area contributed by atoms with E-state index in [1.54, 1.807) is 6.07 Å². The molecule has 4 rings (SSSR count). The average Bonchev–Trinajstić information content (AvgIpc) is 3.38. The van der Waals surface area contributed by atoms with Gasteiger partial charge in [-0.3, -0.25) is 4.79 Å². The van der Waals surface area contributed by atoms with Gasteiger partial charge in [-0.05, 0) is 66.5 Å². The van der Waals surface area contributed by atoms with Crippen molar-refractivity contribution in [3.05, 3.63) is 64.7 Å². The number of fused-ring (bicyclic) bond motifs is 1. The lowest BCUT2D eigenvalue weighted by Gasteiger charge is -2.26. The van der Waals surface area contributed by atoms with Gasteiger partial charge in [-0.15, -0.1) is 0 Å². The number of aryl methyl sites for hydroxylation is 1. The molecule has 0 radical (unpaired) electrons. The average molecular weight is 342 g/mol. The summed E-state index contributed by atoms with van der Waals surface area (Å²) in [6.45, 7) is 0. The van der Waals surface area contributed by atoms with E-state index in [9.17, 15) is 13.6 Å². The molecule has 3 nitrogen and oxygen atoms in total. The van der Waals surface area contributed by atoms with E-state index in [0.29, 0.717) is 12.0 Å². The number of carbonyl (C=O) groups is 1. The van der Waals surface area contributed by atoms with Gasteiger partial charge in [-0.2, -0.15) is 0 Å². The van der Waals surface area contributed by atoms with Crippen LogP contribution in [0.2, 0.25) is 0 Å². The molecule has 130 valence electrons. The second-order valence-electron chi connectivity index (χ2n) is 7.00. The molecule has 2 aromatic carbocycles. The summed E-state index contributed by atoms with van der Waals surface area (Å²) in [6.07, 6.45) is 3.41. The van der Waals surface area contributed by atoms with Crippen LogP contribution >= 0.6 is 0 Å². The van der Waals surface area contributed by atoms with E-state index in [1.165, 1.54) is 11.6 Å². The third-order valence-corrected chi connectivity index (χ3v) is 5.31. The standard InChI is InChI=1S/C20H20F2N2O/c21-17-5-2-4-14(19(17)22)15-10-16(15)20(25)24-18-6-1-3-11-9-12(23)7-8-13(11)18/h2,4-5,7-9,15-16,18H,1,3,6,10,23H2,(H,24,25). The van der Waals surface area contributed by atoms with Crippen LogP contribution in [-0.4, -0.2) is 5.91 Å². The molecule has 3 N–H and O–H groups in total. The molecule has 0 bridgehead atoms. The number of halogens is 2. The van der Waals surface area contributed by atoms with Gasteiger partial charge in [-0.1, -0.05) is 18.2 Å². The molecule has 1 fully saturated rings. The van der Waals surface area contributed by atoms with E-state index in [1.807, 2.05) is 18.2 Å². The molecule has 3 atom stereocenters. The van der Waals surface area contributed by atoms with Crippen LogP contribution < -0.4 is 11.1 Å². The Kier molecular flexibility index (Phi) is 3.94. The smallest absolute Gasteiger partial charge is 0.224 e. The molecule has 1 saturated carbocycles. The quantitative estimate of drug-likeness (QED) is 0.833. The van der Waals surface area contributed by atoms with Crippen LogP contribution in [0.3, 0.4) is 0 Å². The Morgan fingerprint density at radius 3 is 2.84 bits per heavy atom. The Hall–Kier alpha value is -2.43. The van der Waals surface area contributed by atoms with Gasteiger partial charge in [0.15, 0.2) is 11.6 Å². The minimum Gasteiger partial charge on any atom is -0.399 e. The third kappa shape index (κ3) is 2.99. The summed E-state index contributed by atoms with van der Waals surface area (Å²) >= 11 is 0. The second-order valence-corrected chi connectivity index (χ2v) is 7.00. The zero-order valence-electron chi connectivity index (χ0n) is 13.8. The highest BCUT2D eigenvalue weighted by Gasteiger charge is 2.46. The maximum Gasteiger partial charge on any atom is 0.224 e. The van der Waals surface area contributed by atoms with Crippen molar-refractivity contribution in [3.8, 4) is 0 Å². The molecule has 1 amide bonds. The molecule has 2 aliphatic rings. The van der Waals surface area contributed by atoms with E-state index < -0.39 is 11.6 Å². The number of anilines is 1. The van der Waals surface area contributed by atoms with Crippen LogP contribution in [-0.2, 0) is 11.2 Å². The van der Waals surface area contributed by atoms with Crippen molar-refractivity contribution < 1.29 is 13.6 Å². The predicted octanol–water partition coefficient (Wildman–Crippen LogP) is 3.84. The first kappa shape index (κ1) is 16.1. The zero-order chi connectivity index (χ0) is 17.6. The minimum absolute atomic E-state index is 0.0320. The summed E-state index contributed by atoms with van der Waals surface area (Å²) in [4.78, 5) is 12.6. The predicted molar refractivity (Wildman–Crippen MR) is 91.9 cm³/mol. The Morgan fingerprint density at radius 1 is 1.16 bits per heavy atom. The van der Waals surface area contributed by atoms with Gasteiger partial charge in [0.2, 0.25) is 5.91 Å². The van der Waals surface area contributed by atoms with E-state index in [0.717, 1.165) is 36.6 Å². The topological polar surface area (TPSA) is 55.1 Å². The number of hydrogen-bond donors (Lipinski definition) is 2. The second kappa shape index (κ2) is 6.14. The number of nitrogens with one attached hydrogen (secondary N) is 1. The lowest BCUT2D eigenvalue weighted by molar-refractivity contribution is -0.123. The lowest BCUT2D eigenvalue weighted by atomic mass is 9.87. The van der Waals surface area contributed by atoms with Crippen LogP contribution in [0, 0.1) is 17.6 Å². The molecule has 0 heterocycles. The van der Waals surface area contributed by atoms with Crippen molar-refractivity contribution in [2.75, 3.05) is 5.73 Å². The molecule has 5 heteroatoms. The van der Waals surface area contributed by atoms with Crippen molar-refractivity contribution in [1.82, 2.24) is 5.32 Å². The molecule has 0 aliphatic heterocycles. The van der Waals surface area contributed by atoms with Crippen molar-refractivity contribution in [2.24, 2.45) is 5.92 Å². The third-order valence-electron chi connectivity index (χ3n) is 5.31. The molecular weight excluding hydrogens is 322 g/mol. The number of nitrogens with two attached hydrogens (primary N) is 1. The summed E-state index contributed by atoms with van der Waals surface area (Å²) < 4.78 is 27.3. The van der Waals surface area contributed by atoms with Gasteiger partial charge in [-0.25, -0.2) is 8.78 Å². The lowest BCUT2D eigenvalue weighted by Crippen LogP contribution is -2.32. The van der Waals surface area contributed by atoms with Gasteiger partial charge < -0.3 is 11.1 Å². The fourth-order valence-corrected chi connectivity index (χ4v) is 3.90. The fraction of sp³-hybridized carbons (Fsp3) is 0.350. The monoisotopic (exact) mass is 342 g/mol. The van der Waals surface area contributed by atoms with Gasteiger partial charge in [0.05, 0.1) is 6.04 Å². The van der Waals surface area contributed by atoms with E-state index in [2.05, 4.69) is 5.32 Å². The van der Waals surface area contributed by atoms with Crippen LogP contribution in [0.1, 0.15) is 47.9 Å². The highest BCUT2D eigenvalue weighted by molar-refractivity contribution is 5.83. The summed E-state index contributed by atoms with van der Waals surface area (Å²) in [5.74, 6) is -2.28. The number of nitrogen functional groups attached to an aromatic ring is 1. The van der Waals surface area contributed by atoms with E-state index in [4.69, 9.17) is 5.73 Å². The first-order valence-corrected chi connectivity index (χ1v) is 8.67. The first-order valence-electron chi connectivity index (χ1n) is 8.67. The number of carbonyl (C=O) groups excluding carboxylic acids is 1. The Labute approximate surface area is 145 Å². The molecule has 25 heavy (non-hydrogen) atoms. The van der Waals surface area contributed by atoms with Gasteiger partial charge in [0.1, 0.15) is 0 Å². The normalized spacial score (nSPS) is 24.5. The maximum atomic E-state index is 13.9. The molecular formula is C20H20F2N2O. The van der Waals surface area contributed by atoms with Crippen LogP contribution in [0.25, 0.3) is 0 Å². The number of rotatable bonds is 3. The molecule has 2 aromatic rings. The first-order chi connectivity index (χ1) is 12.0. The zero-order valence-corrected chi connectivity index (χ0v) is 13.8. The molecule has 0 aromatic heterocycles. The Balaban J connectivity index is 1.47. The van der Waals surface area contributed by atoms with Crippen molar-refractivity contribution in [1.29, 1.82) is 0 Å². The highest BCUT2D eigenvalue weighted by atomic mass is 19.2. The van der Waals surface area contributed by atoms with E-state index in [-0.39, 0.29) is 23.8 Å². The van der Waals surface area contributed by atoms with Gasteiger partial charge >= 0.3 is 0 Å². The van der Waals surface area contributed by atoms with Crippen LogP contribution in [0.4, 0.5) is 14.5 Å². The maximum absolute atomic E-state index is 13.9. The fourth-order valence-electron chi connectivity index (χ4n) is 3.90. The summed E-state index contributed by atoms with van der Waals surface area (Å²) in [5.41, 5.74) is 9.17. The van der Waals surface area contributed by atoms with Crippen molar-refractivity contribution in [3.63, 3.8) is 0 Å². The minimum atomic E-state index is -0.859. The molecule has 0 spiro atoms. The Bertz CT molecular complexity index is 836. The van der Waals surface area contributed by atoms with Crippen molar-refractivity contribution >= 4 is 11.6 Å². The number of amides is 1. The molecule has 3 unspecified atom stereocenters. The summed E-state index contributed by atoms with van der Waals surface area (Å²) in [5, 5.41) is 3.09. The number of benzene rings is 2. The Morgan fingerprint density at radius 2 is 2.00 bits per heavy atom.